The number of fused-ring (bicyclic) bond motifs is 3. The van der Waals surface area contributed by atoms with Gasteiger partial charge in [0.05, 0.1) is 0 Å². The van der Waals surface area contributed by atoms with Crippen molar-refractivity contribution < 1.29 is 13.2 Å². The molecule has 0 spiro atoms. The molecule has 1 aliphatic heterocycles. The van der Waals surface area contributed by atoms with Gasteiger partial charge in [0, 0.05) is 18.2 Å². The summed E-state index contributed by atoms with van der Waals surface area (Å²) in [6.07, 6.45) is 2.90. The van der Waals surface area contributed by atoms with E-state index in [0.29, 0.717) is 37.8 Å². The molecule has 3 atom stereocenters. The Morgan fingerprint density at radius 3 is 2.65 bits per heavy atom. The molecule has 6 heteroatoms. The van der Waals surface area contributed by atoms with Gasteiger partial charge >= 0.3 is 0 Å². The Labute approximate surface area is 136 Å². The molecule has 0 radical (unpaired) electrons. The van der Waals surface area contributed by atoms with E-state index in [9.17, 15) is 13.2 Å². The Morgan fingerprint density at radius 2 is 1.96 bits per heavy atom. The summed E-state index contributed by atoms with van der Waals surface area (Å²) in [5.41, 5.74) is 2.69. The number of hydrogen-bond donors (Lipinski definition) is 2. The molecule has 3 aliphatic rings. The minimum Gasteiger partial charge on any atom is -0.351 e. The molecule has 3 unspecified atom stereocenters. The first-order valence-corrected chi connectivity index (χ1v) is 10.1. The van der Waals surface area contributed by atoms with Crippen LogP contribution >= 0.6 is 0 Å². The lowest BCUT2D eigenvalue weighted by molar-refractivity contribution is -0.124. The van der Waals surface area contributed by atoms with Crippen LogP contribution in [0.4, 0.5) is 0 Å². The van der Waals surface area contributed by atoms with Crippen LogP contribution < -0.4 is 10.6 Å². The maximum Gasteiger partial charge on any atom is 0.241 e. The molecule has 1 saturated carbocycles. The number of benzene rings is 1. The summed E-state index contributed by atoms with van der Waals surface area (Å²) in [5.74, 6) is 0.515. The van der Waals surface area contributed by atoms with Gasteiger partial charge in [-0.1, -0.05) is 24.3 Å². The number of nitrogens with one attached hydrogen (secondary N) is 2. The first-order valence-electron chi connectivity index (χ1n) is 8.23. The van der Waals surface area contributed by atoms with Gasteiger partial charge in [0.15, 0.2) is 14.6 Å². The lowest BCUT2D eigenvalue weighted by atomic mass is 9.95. The molecule has 2 fully saturated rings. The van der Waals surface area contributed by atoms with Crippen molar-refractivity contribution in [2.24, 2.45) is 5.92 Å². The molecule has 1 heterocycles. The standard InChI is InChI=1S/C17H22N2O3S/c1-23(21,22)17(6-8-18-9-7-17)16(20)19-15-13-10-11-4-2-3-5-12(11)14(13)15/h2-5,13-15,18H,6-10H2,1H3,(H,19,20). The van der Waals surface area contributed by atoms with E-state index in [1.165, 1.54) is 17.4 Å². The van der Waals surface area contributed by atoms with Gasteiger partial charge < -0.3 is 10.6 Å². The van der Waals surface area contributed by atoms with Gasteiger partial charge in [-0.2, -0.15) is 0 Å². The van der Waals surface area contributed by atoms with Crippen LogP contribution in [0.25, 0.3) is 0 Å². The van der Waals surface area contributed by atoms with Crippen LogP contribution in [0.3, 0.4) is 0 Å². The van der Waals surface area contributed by atoms with Crippen molar-refractivity contribution in [3.8, 4) is 0 Å². The fourth-order valence-electron chi connectivity index (χ4n) is 4.43. The minimum absolute atomic E-state index is 0.103. The Kier molecular flexibility index (Phi) is 3.32. The predicted octanol–water partition coefficient (Wildman–Crippen LogP) is 0.608. The van der Waals surface area contributed by atoms with Gasteiger partial charge in [-0.05, 0) is 49.4 Å². The molecule has 1 amide bonds. The zero-order valence-electron chi connectivity index (χ0n) is 13.2. The molecule has 1 saturated heterocycles. The van der Waals surface area contributed by atoms with Gasteiger partial charge in [-0.15, -0.1) is 0 Å². The molecule has 0 bridgehead atoms. The van der Waals surface area contributed by atoms with E-state index in [0.717, 1.165) is 6.42 Å². The number of sulfone groups is 1. The highest BCUT2D eigenvalue weighted by molar-refractivity contribution is 7.92. The third-order valence-corrected chi connectivity index (χ3v) is 7.88. The number of carbonyl (C=O) groups is 1. The monoisotopic (exact) mass is 334 g/mol. The largest absolute Gasteiger partial charge is 0.351 e. The average Bonchev–Trinajstić information content (AvgIpc) is 3.04. The zero-order chi connectivity index (χ0) is 16.2. The highest BCUT2D eigenvalue weighted by Gasteiger charge is 2.58. The highest BCUT2D eigenvalue weighted by atomic mass is 32.2. The van der Waals surface area contributed by atoms with Crippen molar-refractivity contribution in [1.29, 1.82) is 0 Å². The normalized spacial score (nSPS) is 31.1. The second-order valence-electron chi connectivity index (χ2n) is 7.11. The lowest BCUT2D eigenvalue weighted by Gasteiger charge is -2.34. The van der Waals surface area contributed by atoms with Crippen molar-refractivity contribution >= 4 is 15.7 Å². The first-order chi connectivity index (χ1) is 10.9. The topological polar surface area (TPSA) is 75.3 Å². The summed E-state index contributed by atoms with van der Waals surface area (Å²) in [6.45, 7) is 1.14. The number of piperidine rings is 1. The summed E-state index contributed by atoms with van der Waals surface area (Å²) < 4.78 is 23.4. The van der Waals surface area contributed by atoms with E-state index in [1.807, 2.05) is 12.1 Å². The van der Waals surface area contributed by atoms with Crippen LogP contribution in [0.15, 0.2) is 24.3 Å². The summed E-state index contributed by atoms with van der Waals surface area (Å²) in [4.78, 5) is 12.8. The van der Waals surface area contributed by atoms with E-state index in [1.54, 1.807) is 0 Å². The van der Waals surface area contributed by atoms with E-state index in [-0.39, 0.29) is 11.9 Å². The van der Waals surface area contributed by atoms with Crippen molar-refractivity contribution in [3.05, 3.63) is 35.4 Å². The van der Waals surface area contributed by atoms with Gasteiger partial charge in [-0.25, -0.2) is 8.42 Å². The van der Waals surface area contributed by atoms with Crippen LogP contribution in [0, 0.1) is 5.92 Å². The van der Waals surface area contributed by atoms with Crippen molar-refractivity contribution in [2.45, 2.75) is 36.0 Å². The van der Waals surface area contributed by atoms with E-state index >= 15 is 0 Å². The molecule has 5 nitrogen and oxygen atoms in total. The molecule has 23 heavy (non-hydrogen) atoms. The molecule has 124 valence electrons. The number of carbonyl (C=O) groups excluding carboxylic acids is 1. The third kappa shape index (κ3) is 2.22. The Morgan fingerprint density at radius 1 is 1.26 bits per heavy atom. The van der Waals surface area contributed by atoms with Crippen LogP contribution in [-0.4, -0.2) is 44.5 Å². The quantitative estimate of drug-likeness (QED) is 0.849. The van der Waals surface area contributed by atoms with Crippen molar-refractivity contribution in [1.82, 2.24) is 10.6 Å². The molecule has 0 aromatic heterocycles. The van der Waals surface area contributed by atoms with Crippen LogP contribution in [0.1, 0.15) is 29.9 Å². The molecule has 2 aliphatic carbocycles. The minimum atomic E-state index is -3.44. The fourth-order valence-corrected chi connectivity index (χ4v) is 5.77. The first kappa shape index (κ1) is 15.1. The predicted molar refractivity (Wildman–Crippen MR) is 88.0 cm³/mol. The Hall–Kier alpha value is -1.40. The molecule has 1 aromatic rings. The van der Waals surface area contributed by atoms with Crippen molar-refractivity contribution in [2.75, 3.05) is 19.3 Å². The number of amides is 1. The summed E-state index contributed by atoms with van der Waals surface area (Å²) in [7, 11) is -3.44. The molecular formula is C17H22N2O3S. The average molecular weight is 334 g/mol. The Bertz CT molecular complexity index is 753. The van der Waals surface area contributed by atoms with Gasteiger partial charge in [0.2, 0.25) is 5.91 Å². The maximum atomic E-state index is 12.8. The summed E-state index contributed by atoms with van der Waals surface area (Å²) in [5, 5.41) is 6.21. The zero-order valence-corrected chi connectivity index (χ0v) is 14.0. The number of hydrogen-bond acceptors (Lipinski definition) is 4. The molecule has 2 N–H and O–H groups in total. The SMILES string of the molecule is CS(=O)(=O)C1(C(=O)NC2C3Cc4ccccc4C32)CCNCC1. The van der Waals surface area contributed by atoms with E-state index in [2.05, 4.69) is 22.8 Å². The van der Waals surface area contributed by atoms with Crippen LogP contribution in [0.2, 0.25) is 0 Å². The fraction of sp³-hybridized carbons (Fsp3) is 0.588. The molecule has 4 rings (SSSR count). The smallest absolute Gasteiger partial charge is 0.241 e. The van der Waals surface area contributed by atoms with E-state index < -0.39 is 14.6 Å². The summed E-state index contributed by atoms with van der Waals surface area (Å²) >= 11 is 0. The van der Waals surface area contributed by atoms with Crippen molar-refractivity contribution in [3.63, 3.8) is 0 Å². The van der Waals surface area contributed by atoms with E-state index in [4.69, 9.17) is 0 Å². The van der Waals surface area contributed by atoms with Crippen LogP contribution in [-0.2, 0) is 21.1 Å². The lowest BCUT2D eigenvalue weighted by Crippen LogP contribution is -2.57. The van der Waals surface area contributed by atoms with Gasteiger partial charge in [-0.3, -0.25) is 4.79 Å². The second-order valence-corrected chi connectivity index (χ2v) is 9.43. The Balaban J connectivity index is 1.53. The summed E-state index contributed by atoms with van der Waals surface area (Å²) in [6, 6.07) is 8.45. The maximum absolute atomic E-state index is 12.8. The van der Waals surface area contributed by atoms with Gasteiger partial charge in [0.25, 0.3) is 0 Å². The molecule has 1 aromatic carbocycles. The van der Waals surface area contributed by atoms with Gasteiger partial charge in [0.1, 0.15) is 0 Å². The molecular weight excluding hydrogens is 312 g/mol. The third-order valence-electron chi connectivity index (χ3n) is 5.87. The number of rotatable bonds is 3. The second kappa shape index (κ2) is 5.05. The highest BCUT2D eigenvalue weighted by Crippen LogP contribution is 2.56. The van der Waals surface area contributed by atoms with Crippen LogP contribution in [0.5, 0.6) is 0 Å².